The van der Waals surface area contributed by atoms with E-state index in [4.69, 9.17) is 0 Å². The number of halogens is 4. The molecule has 0 fully saturated rings. The Kier molecular flexibility index (Phi) is 4.26. The Labute approximate surface area is 89.9 Å². The number of benzene rings is 1. The Bertz CT molecular complexity index is 370. The summed E-state index contributed by atoms with van der Waals surface area (Å²) in [6.45, 7) is -0.0525. The number of aliphatic hydroxyl groups is 1. The fourth-order valence-corrected chi connectivity index (χ4v) is 1.30. The van der Waals surface area contributed by atoms with Crippen molar-refractivity contribution in [2.75, 3.05) is 13.6 Å². The molecule has 0 amide bonds. The monoisotopic (exact) mass is 237 g/mol. The van der Waals surface area contributed by atoms with E-state index in [-0.39, 0.29) is 6.54 Å². The van der Waals surface area contributed by atoms with Gasteiger partial charge < -0.3 is 10.4 Å². The van der Waals surface area contributed by atoms with Gasteiger partial charge in [-0.25, -0.2) is 17.6 Å². The average molecular weight is 237 g/mol. The molecule has 90 valence electrons. The lowest BCUT2D eigenvalue weighted by atomic mass is 10.0. The second kappa shape index (κ2) is 5.27. The lowest BCUT2D eigenvalue weighted by Gasteiger charge is -2.13. The summed E-state index contributed by atoms with van der Waals surface area (Å²) in [6, 6.07) is 1.20. The van der Waals surface area contributed by atoms with Crippen molar-refractivity contribution in [3.8, 4) is 0 Å². The summed E-state index contributed by atoms with van der Waals surface area (Å²) in [4.78, 5) is 0. The highest BCUT2D eigenvalue weighted by atomic mass is 19.3. The Morgan fingerprint density at radius 3 is 2.44 bits per heavy atom. The van der Waals surface area contributed by atoms with Crippen LogP contribution >= 0.6 is 0 Å². The van der Waals surface area contributed by atoms with Crippen molar-refractivity contribution < 1.29 is 22.7 Å². The molecule has 0 heterocycles. The van der Waals surface area contributed by atoms with E-state index < -0.39 is 35.3 Å². The van der Waals surface area contributed by atoms with Crippen molar-refractivity contribution in [3.63, 3.8) is 0 Å². The maximum absolute atomic E-state index is 13.2. The Balaban J connectivity index is 3.16. The molecule has 0 aromatic heterocycles. The van der Waals surface area contributed by atoms with Gasteiger partial charge in [-0.2, -0.15) is 0 Å². The SMILES string of the molecule is CNCC(O)c1cc(C(F)F)cc(F)c1F. The summed E-state index contributed by atoms with van der Waals surface area (Å²) in [6.07, 6.45) is -4.27. The molecule has 0 aliphatic carbocycles. The minimum absolute atomic E-state index is 0.0525. The van der Waals surface area contributed by atoms with Crippen molar-refractivity contribution in [1.82, 2.24) is 5.32 Å². The van der Waals surface area contributed by atoms with Crippen LogP contribution in [0.4, 0.5) is 17.6 Å². The summed E-state index contributed by atoms with van der Waals surface area (Å²) in [5, 5.41) is 12.0. The van der Waals surface area contributed by atoms with Gasteiger partial charge in [0.2, 0.25) is 0 Å². The summed E-state index contributed by atoms with van der Waals surface area (Å²) < 4.78 is 50.8. The van der Waals surface area contributed by atoms with Crippen LogP contribution in [0.3, 0.4) is 0 Å². The number of aliphatic hydroxyl groups excluding tert-OH is 1. The highest BCUT2D eigenvalue weighted by Gasteiger charge is 2.20. The maximum atomic E-state index is 13.2. The molecule has 2 nitrogen and oxygen atoms in total. The Morgan fingerprint density at radius 2 is 1.94 bits per heavy atom. The van der Waals surface area contributed by atoms with Gasteiger partial charge in [0.25, 0.3) is 6.43 Å². The minimum atomic E-state index is -2.91. The summed E-state index contributed by atoms with van der Waals surface area (Å²) in [5.74, 6) is -2.69. The van der Waals surface area contributed by atoms with Crippen molar-refractivity contribution in [1.29, 1.82) is 0 Å². The summed E-state index contributed by atoms with van der Waals surface area (Å²) >= 11 is 0. The van der Waals surface area contributed by atoms with Gasteiger partial charge in [0.15, 0.2) is 11.6 Å². The van der Waals surface area contributed by atoms with Crippen LogP contribution in [0.25, 0.3) is 0 Å². The zero-order chi connectivity index (χ0) is 12.3. The number of hydrogen-bond acceptors (Lipinski definition) is 2. The molecule has 1 unspecified atom stereocenters. The largest absolute Gasteiger partial charge is 0.387 e. The van der Waals surface area contributed by atoms with Crippen LogP contribution in [0.2, 0.25) is 0 Å². The van der Waals surface area contributed by atoms with Gasteiger partial charge in [0, 0.05) is 17.7 Å². The molecule has 6 heteroatoms. The van der Waals surface area contributed by atoms with E-state index in [9.17, 15) is 22.7 Å². The lowest BCUT2D eigenvalue weighted by Crippen LogP contribution is -2.18. The topological polar surface area (TPSA) is 32.3 Å². The normalized spacial score (nSPS) is 13.2. The molecule has 1 rings (SSSR count). The second-order valence-corrected chi connectivity index (χ2v) is 3.28. The first-order valence-corrected chi connectivity index (χ1v) is 4.57. The fourth-order valence-electron chi connectivity index (χ4n) is 1.30. The van der Waals surface area contributed by atoms with Gasteiger partial charge in [-0.15, -0.1) is 0 Å². The maximum Gasteiger partial charge on any atom is 0.263 e. The average Bonchev–Trinajstić information content (AvgIpc) is 2.21. The van der Waals surface area contributed by atoms with Gasteiger partial charge in [0.05, 0.1) is 6.10 Å². The fraction of sp³-hybridized carbons (Fsp3) is 0.400. The molecule has 1 aromatic carbocycles. The number of likely N-dealkylation sites (N-methyl/N-ethyl adjacent to an activating group) is 1. The van der Waals surface area contributed by atoms with Crippen molar-refractivity contribution in [3.05, 3.63) is 34.9 Å². The Morgan fingerprint density at radius 1 is 1.31 bits per heavy atom. The predicted molar refractivity (Wildman–Crippen MR) is 50.2 cm³/mol. The molecule has 0 radical (unpaired) electrons. The Hall–Kier alpha value is -1.14. The van der Waals surface area contributed by atoms with Crippen LogP contribution < -0.4 is 5.32 Å². The lowest BCUT2D eigenvalue weighted by molar-refractivity contribution is 0.148. The molecule has 16 heavy (non-hydrogen) atoms. The van der Waals surface area contributed by atoms with E-state index in [1.165, 1.54) is 7.05 Å². The first kappa shape index (κ1) is 12.9. The minimum Gasteiger partial charge on any atom is -0.387 e. The van der Waals surface area contributed by atoms with Gasteiger partial charge in [-0.05, 0) is 19.2 Å². The molecule has 0 saturated carbocycles. The number of hydrogen-bond donors (Lipinski definition) is 2. The molecular formula is C10H11F4NO. The molecule has 0 spiro atoms. The van der Waals surface area contributed by atoms with Crippen LogP contribution in [0.1, 0.15) is 23.7 Å². The van der Waals surface area contributed by atoms with Crippen molar-refractivity contribution in [2.24, 2.45) is 0 Å². The van der Waals surface area contributed by atoms with E-state index in [2.05, 4.69) is 5.32 Å². The summed E-state index contributed by atoms with van der Waals surface area (Å²) in [7, 11) is 1.49. The molecular weight excluding hydrogens is 226 g/mol. The van der Waals surface area contributed by atoms with Gasteiger partial charge in [-0.1, -0.05) is 0 Å². The van der Waals surface area contributed by atoms with Gasteiger partial charge >= 0.3 is 0 Å². The predicted octanol–water partition coefficient (Wildman–Crippen LogP) is 2.16. The first-order valence-electron chi connectivity index (χ1n) is 4.57. The molecule has 2 N–H and O–H groups in total. The standard InChI is InChI=1S/C10H11F4NO/c1-15-4-8(16)6-2-5(10(13)14)3-7(11)9(6)12/h2-3,8,10,15-16H,4H2,1H3. The van der Waals surface area contributed by atoms with Gasteiger partial charge in [-0.3, -0.25) is 0 Å². The third kappa shape index (κ3) is 2.70. The highest BCUT2D eigenvalue weighted by molar-refractivity contribution is 5.29. The highest BCUT2D eigenvalue weighted by Crippen LogP contribution is 2.26. The number of alkyl halides is 2. The van der Waals surface area contributed by atoms with Crippen LogP contribution in [-0.4, -0.2) is 18.7 Å². The molecule has 0 aliphatic rings. The van der Waals surface area contributed by atoms with Crippen molar-refractivity contribution in [2.45, 2.75) is 12.5 Å². The van der Waals surface area contributed by atoms with E-state index in [1.807, 2.05) is 0 Å². The number of rotatable bonds is 4. The molecule has 0 bridgehead atoms. The van der Waals surface area contributed by atoms with Crippen LogP contribution in [0, 0.1) is 11.6 Å². The summed E-state index contributed by atoms with van der Waals surface area (Å²) in [5.41, 5.74) is -1.12. The van der Waals surface area contributed by atoms with Crippen LogP contribution in [0.15, 0.2) is 12.1 Å². The number of nitrogens with one attached hydrogen (secondary N) is 1. The molecule has 1 atom stereocenters. The van der Waals surface area contributed by atoms with E-state index in [0.717, 1.165) is 6.07 Å². The van der Waals surface area contributed by atoms with E-state index in [1.54, 1.807) is 0 Å². The molecule has 0 aliphatic heterocycles. The van der Waals surface area contributed by atoms with E-state index in [0.29, 0.717) is 6.07 Å². The zero-order valence-corrected chi connectivity index (χ0v) is 8.48. The van der Waals surface area contributed by atoms with Gasteiger partial charge in [0.1, 0.15) is 0 Å². The van der Waals surface area contributed by atoms with Crippen LogP contribution in [-0.2, 0) is 0 Å². The van der Waals surface area contributed by atoms with Crippen LogP contribution in [0.5, 0.6) is 0 Å². The van der Waals surface area contributed by atoms with E-state index >= 15 is 0 Å². The zero-order valence-electron chi connectivity index (χ0n) is 8.48. The molecule has 0 saturated heterocycles. The third-order valence-electron chi connectivity index (χ3n) is 2.09. The smallest absolute Gasteiger partial charge is 0.263 e. The molecule has 1 aromatic rings. The third-order valence-corrected chi connectivity index (χ3v) is 2.09. The van der Waals surface area contributed by atoms with Crippen molar-refractivity contribution >= 4 is 0 Å². The first-order chi connectivity index (χ1) is 7.47. The second-order valence-electron chi connectivity index (χ2n) is 3.28. The quantitative estimate of drug-likeness (QED) is 0.786.